The fraction of sp³-hybridized carbons (Fsp3) is 0.467. The summed E-state index contributed by atoms with van der Waals surface area (Å²) in [5, 5.41) is 0. The third-order valence-electron chi connectivity index (χ3n) is 3.32. The normalized spacial score (nSPS) is 27.2. The maximum absolute atomic E-state index is 6.34. The van der Waals surface area contributed by atoms with E-state index in [1.54, 1.807) is 0 Å². The molecule has 0 saturated carbocycles. The first-order chi connectivity index (χ1) is 8.07. The van der Waals surface area contributed by atoms with Crippen molar-refractivity contribution < 1.29 is 4.43 Å². The van der Waals surface area contributed by atoms with Crippen molar-refractivity contribution in [3.8, 4) is 0 Å². The van der Waals surface area contributed by atoms with Gasteiger partial charge in [0.15, 0.2) is 0 Å². The molecule has 1 aliphatic rings. The summed E-state index contributed by atoms with van der Waals surface area (Å²) in [6.07, 6.45) is 4.90. The zero-order valence-corrected chi connectivity index (χ0v) is 12.1. The molecule has 1 unspecified atom stereocenters. The van der Waals surface area contributed by atoms with Crippen molar-refractivity contribution in [2.45, 2.75) is 38.9 Å². The Morgan fingerprint density at radius 2 is 1.88 bits per heavy atom. The lowest BCUT2D eigenvalue weighted by molar-refractivity contribution is 0.474. The lowest BCUT2D eigenvalue weighted by Crippen LogP contribution is -2.30. The van der Waals surface area contributed by atoms with Gasteiger partial charge >= 0.3 is 0 Å². The fourth-order valence-corrected chi connectivity index (χ4v) is 4.27. The molecule has 0 saturated heterocycles. The minimum absolute atomic E-state index is 0.621. The molecule has 0 radical (unpaired) electrons. The van der Waals surface area contributed by atoms with Gasteiger partial charge in [-0.15, -0.1) is 0 Å². The van der Waals surface area contributed by atoms with Crippen LogP contribution in [0.2, 0.25) is 19.1 Å². The molecular weight excluding hydrogens is 224 g/mol. The Morgan fingerprint density at radius 1 is 1.18 bits per heavy atom. The summed E-state index contributed by atoms with van der Waals surface area (Å²) in [5.41, 5.74) is 1.22. The van der Waals surface area contributed by atoms with Crippen molar-refractivity contribution in [1.82, 2.24) is 0 Å². The van der Waals surface area contributed by atoms with Crippen LogP contribution in [-0.4, -0.2) is 8.32 Å². The van der Waals surface area contributed by atoms with Crippen molar-refractivity contribution in [2.75, 3.05) is 0 Å². The SMILES string of the molecule is CC1/C=C(/c2ccccc2)O[Si](C)(C)CCC1. The first-order valence-electron chi connectivity index (χ1n) is 6.53. The van der Waals surface area contributed by atoms with E-state index in [1.807, 2.05) is 0 Å². The highest BCUT2D eigenvalue weighted by Gasteiger charge is 2.27. The molecule has 0 spiro atoms. The zero-order chi connectivity index (χ0) is 12.3. The van der Waals surface area contributed by atoms with Crippen molar-refractivity contribution in [1.29, 1.82) is 0 Å². The monoisotopic (exact) mass is 246 g/mol. The van der Waals surface area contributed by atoms with Gasteiger partial charge in [-0.2, -0.15) is 0 Å². The molecule has 0 amide bonds. The largest absolute Gasteiger partial charge is 0.544 e. The van der Waals surface area contributed by atoms with Crippen molar-refractivity contribution in [2.24, 2.45) is 5.92 Å². The summed E-state index contributed by atoms with van der Waals surface area (Å²) < 4.78 is 6.34. The summed E-state index contributed by atoms with van der Waals surface area (Å²) in [6.45, 7) is 6.92. The van der Waals surface area contributed by atoms with E-state index in [4.69, 9.17) is 4.43 Å². The molecular formula is C15H22OSi. The average Bonchev–Trinajstić information content (AvgIpc) is 2.27. The van der Waals surface area contributed by atoms with E-state index < -0.39 is 8.32 Å². The lowest BCUT2D eigenvalue weighted by Gasteiger charge is -2.29. The van der Waals surface area contributed by atoms with Crippen LogP contribution in [0.5, 0.6) is 0 Å². The van der Waals surface area contributed by atoms with Crippen LogP contribution in [-0.2, 0) is 4.43 Å². The lowest BCUT2D eigenvalue weighted by atomic mass is 10.0. The summed E-state index contributed by atoms with van der Waals surface area (Å²) in [5.74, 6) is 1.73. The Hall–Kier alpha value is -1.02. The van der Waals surface area contributed by atoms with Gasteiger partial charge in [0.05, 0.1) is 0 Å². The molecule has 17 heavy (non-hydrogen) atoms. The van der Waals surface area contributed by atoms with Crippen LogP contribution < -0.4 is 0 Å². The number of benzene rings is 1. The molecule has 2 heteroatoms. The Bertz CT molecular complexity index is 395. The first-order valence-corrected chi connectivity index (χ1v) is 9.65. The maximum atomic E-state index is 6.34. The number of allylic oxidation sites excluding steroid dienone is 1. The number of rotatable bonds is 1. The second kappa shape index (κ2) is 5.09. The van der Waals surface area contributed by atoms with E-state index >= 15 is 0 Å². The van der Waals surface area contributed by atoms with Gasteiger partial charge < -0.3 is 4.43 Å². The van der Waals surface area contributed by atoms with Gasteiger partial charge in [0, 0.05) is 5.56 Å². The minimum Gasteiger partial charge on any atom is -0.544 e. The maximum Gasteiger partial charge on any atom is 0.245 e. The van der Waals surface area contributed by atoms with Gasteiger partial charge in [-0.3, -0.25) is 0 Å². The van der Waals surface area contributed by atoms with Crippen LogP contribution in [0.25, 0.3) is 5.76 Å². The summed E-state index contributed by atoms with van der Waals surface area (Å²) in [4.78, 5) is 0. The summed E-state index contributed by atoms with van der Waals surface area (Å²) in [7, 11) is -1.52. The van der Waals surface area contributed by atoms with Crippen molar-refractivity contribution in [3.63, 3.8) is 0 Å². The van der Waals surface area contributed by atoms with E-state index in [0.717, 1.165) is 5.76 Å². The number of hydrogen-bond acceptors (Lipinski definition) is 1. The topological polar surface area (TPSA) is 9.23 Å². The highest BCUT2D eigenvalue weighted by Crippen LogP contribution is 2.30. The average molecular weight is 246 g/mol. The Kier molecular flexibility index (Phi) is 3.72. The molecule has 0 fully saturated rings. The Morgan fingerprint density at radius 3 is 2.59 bits per heavy atom. The quantitative estimate of drug-likeness (QED) is 0.654. The van der Waals surface area contributed by atoms with Crippen LogP contribution in [0.1, 0.15) is 25.3 Å². The van der Waals surface area contributed by atoms with Crippen LogP contribution >= 0.6 is 0 Å². The van der Waals surface area contributed by atoms with Crippen molar-refractivity contribution >= 4 is 14.1 Å². The summed E-state index contributed by atoms with van der Waals surface area (Å²) in [6, 6.07) is 11.8. The molecule has 2 rings (SSSR count). The molecule has 92 valence electrons. The Labute approximate surface area is 106 Å². The van der Waals surface area contributed by atoms with Gasteiger partial charge in [0.25, 0.3) is 0 Å². The van der Waals surface area contributed by atoms with E-state index in [9.17, 15) is 0 Å². The minimum atomic E-state index is -1.52. The van der Waals surface area contributed by atoms with E-state index in [2.05, 4.69) is 56.4 Å². The van der Waals surface area contributed by atoms with Crippen LogP contribution in [0, 0.1) is 5.92 Å². The molecule has 1 aromatic carbocycles. The molecule has 0 aliphatic carbocycles. The predicted molar refractivity (Wildman–Crippen MR) is 76.2 cm³/mol. The Balaban J connectivity index is 2.31. The molecule has 0 bridgehead atoms. The van der Waals surface area contributed by atoms with Crippen LogP contribution in [0.15, 0.2) is 36.4 Å². The second-order valence-electron chi connectivity index (χ2n) is 5.63. The fourth-order valence-electron chi connectivity index (χ4n) is 2.33. The van der Waals surface area contributed by atoms with Gasteiger partial charge in [0.1, 0.15) is 5.76 Å². The molecule has 1 nitrogen and oxygen atoms in total. The van der Waals surface area contributed by atoms with E-state index in [-0.39, 0.29) is 0 Å². The third kappa shape index (κ3) is 3.47. The molecule has 0 aromatic heterocycles. The first kappa shape index (κ1) is 12.4. The van der Waals surface area contributed by atoms with E-state index in [1.165, 1.54) is 24.4 Å². The molecule has 1 aromatic rings. The standard InChI is InChI=1S/C15H22OSi/c1-13-8-7-11-17(2,3)16-15(12-13)14-9-5-4-6-10-14/h4-6,9-10,12-13H,7-8,11H2,1-3H3/b15-12-. The number of hydrogen-bond donors (Lipinski definition) is 0. The van der Waals surface area contributed by atoms with E-state index in [0.29, 0.717) is 5.92 Å². The summed E-state index contributed by atoms with van der Waals surface area (Å²) >= 11 is 0. The third-order valence-corrected chi connectivity index (χ3v) is 5.65. The zero-order valence-electron chi connectivity index (χ0n) is 11.1. The smallest absolute Gasteiger partial charge is 0.245 e. The highest BCUT2D eigenvalue weighted by molar-refractivity contribution is 6.71. The molecule has 1 aliphatic heterocycles. The molecule has 1 atom stereocenters. The van der Waals surface area contributed by atoms with Crippen LogP contribution in [0.4, 0.5) is 0 Å². The molecule has 1 heterocycles. The highest BCUT2D eigenvalue weighted by atomic mass is 28.4. The van der Waals surface area contributed by atoms with Gasteiger partial charge in [-0.1, -0.05) is 43.7 Å². The second-order valence-corrected chi connectivity index (χ2v) is 9.85. The van der Waals surface area contributed by atoms with Crippen molar-refractivity contribution in [3.05, 3.63) is 42.0 Å². The van der Waals surface area contributed by atoms with Crippen LogP contribution in [0.3, 0.4) is 0 Å². The molecule has 0 N–H and O–H groups in total. The predicted octanol–water partition coefficient (Wildman–Crippen LogP) is 4.68. The van der Waals surface area contributed by atoms with Gasteiger partial charge in [0.2, 0.25) is 8.32 Å². The van der Waals surface area contributed by atoms with Gasteiger partial charge in [-0.25, -0.2) is 0 Å². The van der Waals surface area contributed by atoms with Gasteiger partial charge in [-0.05, 0) is 37.6 Å².